The van der Waals surface area contributed by atoms with Crippen LogP contribution in [0.5, 0.6) is 5.75 Å². The highest BCUT2D eigenvalue weighted by atomic mass is 16.6. The highest BCUT2D eigenvalue weighted by molar-refractivity contribution is 5.95. The summed E-state index contributed by atoms with van der Waals surface area (Å²) in [6, 6.07) is 3.54. The van der Waals surface area contributed by atoms with Crippen LogP contribution in [0, 0.1) is 0 Å². The molecule has 1 aromatic rings. The van der Waals surface area contributed by atoms with Gasteiger partial charge in [-0.1, -0.05) is 33.8 Å². The van der Waals surface area contributed by atoms with Crippen molar-refractivity contribution in [3.8, 4) is 5.75 Å². The van der Waals surface area contributed by atoms with Crippen LogP contribution in [-0.4, -0.2) is 29.8 Å². The maximum Gasteiger partial charge on any atom is 0.347 e. The van der Waals surface area contributed by atoms with Gasteiger partial charge in [-0.25, -0.2) is 9.59 Å². The molecule has 0 saturated carbocycles. The van der Waals surface area contributed by atoms with Gasteiger partial charge in [0.15, 0.2) is 0 Å². The summed E-state index contributed by atoms with van der Waals surface area (Å²) in [7, 11) is 0. The number of ether oxygens (including phenoxy) is 2. The third kappa shape index (κ3) is 3.24. The van der Waals surface area contributed by atoms with Gasteiger partial charge in [-0.2, -0.15) is 0 Å². The number of aromatic hydroxyl groups is 1. The Morgan fingerprint density at radius 3 is 2.45 bits per heavy atom. The van der Waals surface area contributed by atoms with Gasteiger partial charge >= 0.3 is 11.9 Å². The third-order valence-corrected chi connectivity index (χ3v) is 3.81. The number of rotatable bonds is 4. The lowest BCUT2D eigenvalue weighted by molar-refractivity contribution is -0.145. The first kappa shape index (κ1) is 16.3. The second kappa shape index (κ2) is 6.38. The monoisotopic (exact) mass is 306 g/mol. The van der Waals surface area contributed by atoms with Gasteiger partial charge in [0.05, 0.1) is 6.61 Å². The molecule has 0 spiro atoms. The van der Waals surface area contributed by atoms with E-state index < -0.39 is 18.0 Å². The Hall–Kier alpha value is -2.04. The van der Waals surface area contributed by atoms with E-state index in [1.807, 2.05) is 33.8 Å². The standard InChI is InChI=1S/C17H22O5/c1-9(2)11-7-12(10(3)4)15(18)13(8-11)16(19)22-14-5-6-21-17(14)20/h7-10,14,18H,5-6H2,1-4H3/t14-/m1/s1. The molecule has 22 heavy (non-hydrogen) atoms. The lowest BCUT2D eigenvalue weighted by atomic mass is 9.92. The zero-order valence-corrected chi connectivity index (χ0v) is 13.4. The van der Waals surface area contributed by atoms with Crippen LogP contribution in [0.2, 0.25) is 0 Å². The summed E-state index contributed by atoms with van der Waals surface area (Å²) in [5, 5.41) is 10.4. The van der Waals surface area contributed by atoms with Crippen molar-refractivity contribution in [2.45, 2.75) is 52.1 Å². The Morgan fingerprint density at radius 2 is 1.95 bits per heavy atom. The van der Waals surface area contributed by atoms with Gasteiger partial charge in [-0.15, -0.1) is 0 Å². The summed E-state index contributed by atoms with van der Waals surface area (Å²) < 4.78 is 9.96. The molecule has 5 heteroatoms. The largest absolute Gasteiger partial charge is 0.507 e. The molecule has 1 heterocycles. The third-order valence-electron chi connectivity index (χ3n) is 3.81. The molecule has 0 radical (unpaired) electrons. The Labute approximate surface area is 130 Å². The smallest absolute Gasteiger partial charge is 0.347 e. The van der Waals surface area contributed by atoms with Gasteiger partial charge in [-0.05, 0) is 29.0 Å². The summed E-state index contributed by atoms with van der Waals surface area (Å²) in [5.41, 5.74) is 1.75. The van der Waals surface area contributed by atoms with E-state index in [4.69, 9.17) is 9.47 Å². The van der Waals surface area contributed by atoms with Crippen LogP contribution in [0.3, 0.4) is 0 Å². The van der Waals surface area contributed by atoms with E-state index in [1.54, 1.807) is 6.07 Å². The number of carbonyl (C=O) groups is 2. The van der Waals surface area contributed by atoms with E-state index in [1.165, 1.54) is 0 Å². The van der Waals surface area contributed by atoms with Crippen molar-refractivity contribution in [3.05, 3.63) is 28.8 Å². The second-order valence-electron chi connectivity index (χ2n) is 6.17. The number of cyclic esters (lactones) is 1. The minimum absolute atomic E-state index is 0.0710. The van der Waals surface area contributed by atoms with Crippen LogP contribution in [0.25, 0.3) is 0 Å². The molecule has 2 rings (SSSR count). The quantitative estimate of drug-likeness (QED) is 0.865. The first-order valence-corrected chi connectivity index (χ1v) is 7.55. The van der Waals surface area contributed by atoms with Crippen molar-refractivity contribution >= 4 is 11.9 Å². The minimum Gasteiger partial charge on any atom is -0.507 e. The van der Waals surface area contributed by atoms with E-state index in [-0.39, 0.29) is 29.8 Å². The molecule has 0 bridgehead atoms. The van der Waals surface area contributed by atoms with Crippen molar-refractivity contribution in [2.24, 2.45) is 0 Å². The van der Waals surface area contributed by atoms with Crippen molar-refractivity contribution in [3.63, 3.8) is 0 Å². The van der Waals surface area contributed by atoms with Crippen molar-refractivity contribution in [2.75, 3.05) is 6.61 Å². The average Bonchev–Trinajstić information content (AvgIpc) is 2.83. The molecule has 1 atom stereocenters. The molecule has 5 nitrogen and oxygen atoms in total. The van der Waals surface area contributed by atoms with Crippen LogP contribution >= 0.6 is 0 Å². The molecule has 120 valence electrons. The number of esters is 2. The van der Waals surface area contributed by atoms with E-state index >= 15 is 0 Å². The van der Waals surface area contributed by atoms with Gasteiger partial charge in [0, 0.05) is 6.42 Å². The predicted octanol–water partition coefficient (Wildman–Crippen LogP) is 3.11. The predicted molar refractivity (Wildman–Crippen MR) is 81.1 cm³/mol. The van der Waals surface area contributed by atoms with Crippen LogP contribution in [0.1, 0.15) is 67.4 Å². The van der Waals surface area contributed by atoms with E-state index in [0.717, 1.165) is 5.56 Å². The number of carbonyl (C=O) groups excluding carboxylic acids is 2. The average molecular weight is 306 g/mol. The molecule has 1 aliphatic heterocycles. The normalized spacial score (nSPS) is 17.9. The van der Waals surface area contributed by atoms with Gasteiger partial charge in [0.25, 0.3) is 0 Å². The fourth-order valence-corrected chi connectivity index (χ4v) is 2.39. The van der Waals surface area contributed by atoms with Crippen molar-refractivity contribution < 1.29 is 24.2 Å². The first-order chi connectivity index (χ1) is 10.3. The number of hydrogen-bond acceptors (Lipinski definition) is 5. The maximum atomic E-state index is 12.3. The van der Waals surface area contributed by atoms with Crippen molar-refractivity contribution in [1.29, 1.82) is 0 Å². The van der Waals surface area contributed by atoms with E-state index in [9.17, 15) is 14.7 Å². The second-order valence-corrected chi connectivity index (χ2v) is 6.17. The number of phenolic OH excluding ortho intramolecular Hbond substituents is 1. The zero-order valence-electron chi connectivity index (χ0n) is 13.4. The Balaban J connectivity index is 2.35. The molecule has 0 unspecified atom stereocenters. The first-order valence-electron chi connectivity index (χ1n) is 7.55. The van der Waals surface area contributed by atoms with Gasteiger partial charge in [0.1, 0.15) is 11.3 Å². The molecule has 0 amide bonds. The van der Waals surface area contributed by atoms with Crippen LogP contribution in [0.15, 0.2) is 12.1 Å². The molecule has 0 aliphatic carbocycles. The highest BCUT2D eigenvalue weighted by Crippen LogP contribution is 2.33. The lowest BCUT2D eigenvalue weighted by Crippen LogP contribution is -2.23. The highest BCUT2D eigenvalue weighted by Gasteiger charge is 2.32. The molecule has 1 saturated heterocycles. The fraction of sp³-hybridized carbons (Fsp3) is 0.529. The Bertz CT molecular complexity index is 589. The molecule has 1 N–H and O–H groups in total. The molecule has 0 aromatic heterocycles. The summed E-state index contributed by atoms with van der Waals surface area (Å²) >= 11 is 0. The topological polar surface area (TPSA) is 72.8 Å². The zero-order chi connectivity index (χ0) is 16.4. The van der Waals surface area contributed by atoms with Crippen molar-refractivity contribution in [1.82, 2.24) is 0 Å². The van der Waals surface area contributed by atoms with E-state index in [2.05, 4.69) is 0 Å². The number of benzene rings is 1. The van der Waals surface area contributed by atoms with Gasteiger partial charge in [-0.3, -0.25) is 0 Å². The molecule has 1 fully saturated rings. The molecule has 1 aliphatic rings. The maximum absolute atomic E-state index is 12.3. The fourth-order valence-electron chi connectivity index (χ4n) is 2.39. The lowest BCUT2D eigenvalue weighted by Gasteiger charge is -2.17. The Kier molecular flexibility index (Phi) is 4.74. The summed E-state index contributed by atoms with van der Waals surface area (Å²) in [6.07, 6.45) is -0.524. The summed E-state index contributed by atoms with van der Waals surface area (Å²) in [6.45, 7) is 8.18. The Morgan fingerprint density at radius 1 is 1.27 bits per heavy atom. The SMILES string of the molecule is CC(C)c1cc(C(=O)O[C@@H]2CCOC2=O)c(O)c(C(C)C)c1. The van der Waals surface area contributed by atoms with Crippen LogP contribution < -0.4 is 0 Å². The summed E-state index contributed by atoms with van der Waals surface area (Å²) in [5.74, 6) is -1.01. The number of phenols is 1. The minimum atomic E-state index is -0.878. The van der Waals surface area contributed by atoms with Crippen LogP contribution in [-0.2, 0) is 14.3 Å². The molecule has 1 aromatic carbocycles. The van der Waals surface area contributed by atoms with Gasteiger partial charge in [0.2, 0.25) is 6.10 Å². The molecular formula is C17H22O5. The van der Waals surface area contributed by atoms with E-state index in [0.29, 0.717) is 12.0 Å². The summed E-state index contributed by atoms with van der Waals surface area (Å²) in [4.78, 5) is 23.7. The number of hydrogen-bond donors (Lipinski definition) is 1. The van der Waals surface area contributed by atoms with Crippen LogP contribution in [0.4, 0.5) is 0 Å². The molecular weight excluding hydrogens is 284 g/mol. The van der Waals surface area contributed by atoms with Gasteiger partial charge < -0.3 is 14.6 Å².